The van der Waals surface area contributed by atoms with Gasteiger partial charge in [0.05, 0.1) is 22.2 Å². The minimum atomic E-state index is -0.105. The van der Waals surface area contributed by atoms with Crippen molar-refractivity contribution in [2.75, 3.05) is 0 Å². The number of benzene rings is 8. The molecular weight excluding hydrogens is 687 g/mol. The predicted molar refractivity (Wildman–Crippen MR) is 233 cm³/mol. The van der Waals surface area contributed by atoms with Crippen LogP contribution in [0.4, 0.5) is 0 Å². The molecule has 11 aromatic rings. The predicted octanol–water partition coefficient (Wildman–Crippen LogP) is 13.9. The number of fused-ring (bicyclic) bond motifs is 12. The van der Waals surface area contributed by atoms with Gasteiger partial charge in [-0.3, -0.25) is 4.57 Å². The van der Waals surface area contributed by atoms with Crippen molar-refractivity contribution in [3.05, 3.63) is 175 Å². The maximum absolute atomic E-state index is 5.46. The molecule has 0 amide bonds. The molecule has 12 rings (SSSR count). The second-order valence-electron chi connectivity index (χ2n) is 15.4. The summed E-state index contributed by atoms with van der Waals surface area (Å²) in [7, 11) is 0. The molecule has 0 N–H and O–H groups in total. The van der Waals surface area contributed by atoms with E-state index < -0.39 is 0 Å². The van der Waals surface area contributed by atoms with E-state index in [2.05, 4.69) is 182 Å². The Hall–Kier alpha value is -6.62. The first-order valence-corrected chi connectivity index (χ1v) is 19.7. The average Bonchev–Trinajstić information content (AvgIpc) is 3.85. The van der Waals surface area contributed by atoms with Crippen molar-refractivity contribution in [1.29, 1.82) is 0 Å². The van der Waals surface area contributed by atoms with Crippen molar-refractivity contribution in [1.82, 2.24) is 14.5 Å². The van der Waals surface area contributed by atoms with Crippen LogP contribution >= 0.6 is 11.3 Å². The Balaban J connectivity index is 1.05. The van der Waals surface area contributed by atoms with E-state index in [4.69, 9.17) is 9.97 Å². The fourth-order valence-electron chi connectivity index (χ4n) is 9.33. The topological polar surface area (TPSA) is 30.7 Å². The molecule has 258 valence electrons. The third kappa shape index (κ3) is 4.37. The van der Waals surface area contributed by atoms with Crippen LogP contribution in [-0.4, -0.2) is 14.5 Å². The summed E-state index contributed by atoms with van der Waals surface area (Å²) in [5.74, 6) is 0.676. The smallest absolute Gasteiger partial charge is 0.235 e. The highest BCUT2D eigenvalue weighted by Crippen LogP contribution is 2.50. The lowest BCUT2D eigenvalue weighted by Gasteiger charge is -2.22. The van der Waals surface area contributed by atoms with Crippen LogP contribution in [0.5, 0.6) is 0 Å². The van der Waals surface area contributed by atoms with Crippen LogP contribution in [0.2, 0.25) is 0 Å². The largest absolute Gasteiger partial charge is 0.278 e. The molecule has 3 aromatic heterocycles. The number of hydrogen-bond acceptors (Lipinski definition) is 3. The zero-order chi connectivity index (χ0) is 36.4. The van der Waals surface area contributed by atoms with Crippen LogP contribution in [0.1, 0.15) is 25.0 Å². The number of para-hydroxylation sites is 2. The lowest BCUT2D eigenvalue weighted by atomic mass is 9.82. The lowest BCUT2D eigenvalue weighted by molar-refractivity contribution is 0.660. The molecule has 0 unspecified atom stereocenters. The highest BCUT2D eigenvalue weighted by molar-refractivity contribution is 7.25. The zero-order valence-corrected chi connectivity index (χ0v) is 31.2. The molecule has 3 heterocycles. The summed E-state index contributed by atoms with van der Waals surface area (Å²) in [4.78, 5) is 10.7. The van der Waals surface area contributed by atoms with Gasteiger partial charge in [-0.25, -0.2) is 9.97 Å². The van der Waals surface area contributed by atoms with E-state index in [-0.39, 0.29) is 5.41 Å². The minimum Gasteiger partial charge on any atom is -0.278 e. The average molecular weight is 720 g/mol. The Kier molecular flexibility index (Phi) is 6.27. The van der Waals surface area contributed by atoms with E-state index in [0.29, 0.717) is 5.95 Å². The van der Waals surface area contributed by atoms with Crippen molar-refractivity contribution in [3.63, 3.8) is 0 Å². The Morgan fingerprint density at radius 1 is 0.473 bits per heavy atom. The normalized spacial score (nSPS) is 13.4. The fraction of sp³-hybridized carbons (Fsp3) is 0.0588. The summed E-state index contributed by atoms with van der Waals surface area (Å²) in [6.45, 7) is 4.67. The number of hydrogen-bond donors (Lipinski definition) is 0. The molecule has 55 heavy (non-hydrogen) atoms. The van der Waals surface area contributed by atoms with Gasteiger partial charge in [-0.15, -0.1) is 11.3 Å². The molecule has 8 aromatic carbocycles. The van der Waals surface area contributed by atoms with Gasteiger partial charge in [0.2, 0.25) is 5.95 Å². The third-order valence-electron chi connectivity index (χ3n) is 12.0. The first kappa shape index (κ1) is 30.8. The van der Waals surface area contributed by atoms with E-state index in [9.17, 15) is 0 Å². The van der Waals surface area contributed by atoms with Crippen molar-refractivity contribution in [2.45, 2.75) is 19.3 Å². The summed E-state index contributed by atoms with van der Waals surface area (Å²) < 4.78 is 4.91. The molecule has 0 fully saturated rings. The quantitative estimate of drug-likeness (QED) is 0.182. The molecule has 0 saturated carbocycles. The van der Waals surface area contributed by atoms with Crippen LogP contribution in [0, 0.1) is 0 Å². The van der Waals surface area contributed by atoms with Gasteiger partial charge >= 0.3 is 0 Å². The molecule has 0 spiro atoms. The minimum absolute atomic E-state index is 0.105. The summed E-state index contributed by atoms with van der Waals surface area (Å²) >= 11 is 1.86. The highest BCUT2D eigenvalue weighted by atomic mass is 32.1. The third-order valence-corrected chi connectivity index (χ3v) is 13.2. The van der Waals surface area contributed by atoms with E-state index in [0.717, 1.165) is 33.2 Å². The van der Waals surface area contributed by atoms with Crippen molar-refractivity contribution >= 4 is 75.0 Å². The van der Waals surface area contributed by atoms with Gasteiger partial charge < -0.3 is 0 Å². The highest BCUT2D eigenvalue weighted by Gasteiger charge is 2.35. The van der Waals surface area contributed by atoms with Crippen LogP contribution in [0.25, 0.3) is 103 Å². The van der Waals surface area contributed by atoms with Crippen molar-refractivity contribution in [2.24, 2.45) is 0 Å². The maximum atomic E-state index is 5.46. The Morgan fingerprint density at radius 2 is 1.18 bits per heavy atom. The molecule has 0 bridgehead atoms. The lowest BCUT2D eigenvalue weighted by Crippen LogP contribution is -2.15. The molecule has 1 aliphatic rings. The van der Waals surface area contributed by atoms with E-state index in [1.54, 1.807) is 0 Å². The molecule has 0 saturated heterocycles. The number of nitrogens with zero attached hydrogens (tertiary/aromatic N) is 3. The molecule has 0 radical (unpaired) electrons. The van der Waals surface area contributed by atoms with Crippen LogP contribution in [0.15, 0.2) is 164 Å². The van der Waals surface area contributed by atoms with Gasteiger partial charge in [0.1, 0.15) is 0 Å². The molecular formula is C51H33N3S. The number of aromatic nitrogens is 3. The van der Waals surface area contributed by atoms with Crippen LogP contribution in [0.3, 0.4) is 0 Å². The van der Waals surface area contributed by atoms with Gasteiger partial charge in [-0.2, -0.15) is 0 Å². The van der Waals surface area contributed by atoms with Crippen molar-refractivity contribution in [3.8, 4) is 39.5 Å². The first-order valence-electron chi connectivity index (χ1n) is 18.9. The fourth-order valence-corrected chi connectivity index (χ4v) is 10.4. The second kappa shape index (κ2) is 11.2. The first-order chi connectivity index (χ1) is 27.0. The Bertz CT molecular complexity index is 3420. The van der Waals surface area contributed by atoms with E-state index >= 15 is 0 Å². The molecule has 4 heteroatoms. The molecule has 3 nitrogen and oxygen atoms in total. The van der Waals surface area contributed by atoms with Gasteiger partial charge in [-0.05, 0) is 92.7 Å². The van der Waals surface area contributed by atoms with Gasteiger partial charge in [0.15, 0.2) is 0 Å². The summed E-state index contributed by atoms with van der Waals surface area (Å²) in [5, 5.41) is 8.53. The molecule has 1 aliphatic carbocycles. The number of thiophene rings is 1. The summed E-state index contributed by atoms with van der Waals surface area (Å²) in [6, 6.07) is 59.8. The van der Waals surface area contributed by atoms with Gasteiger partial charge in [0, 0.05) is 47.3 Å². The Labute approximate surface area is 321 Å². The summed E-state index contributed by atoms with van der Waals surface area (Å²) in [5.41, 5.74) is 12.9. The summed E-state index contributed by atoms with van der Waals surface area (Å²) in [6.07, 6.45) is 0. The van der Waals surface area contributed by atoms with E-state index in [1.807, 2.05) is 11.3 Å². The Morgan fingerprint density at radius 3 is 2.11 bits per heavy atom. The van der Waals surface area contributed by atoms with Crippen LogP contribution in [-0.2, 0) is 5.41 Å². The van der Waals surface area contributed by atoms with Gasteiger partial charge in [0.25, 0.3) is 0 Å². The maximum Gasteiger partial charge on any atom is 0.235 e. The number of rotatable bonds is 3. The molecule has 0 aliphatic heterocycles. The second-order valence-corrected chi connectivity index (χ2v) is 16.5. The van der Waals surface area contributed by atoms with E-state index in [1.165, 1.54) is 75.1 Å². The van der Waals surface area contributed by atoms with Crippen LogP contribution < -0.4 is 0 Å². The van der Waals surface area contributed by atoms with Crippen molar-refractivity contribution < 1.29 is 0 Å². The van der Waals surface area contributed by atoms with Gasteiger partial charge in [-0.1, -0.05) is 129 Å². The standard InChI is InChI=1S/C51H33N3S/c1-51(2)41-15-7-3-11-35(41)36-24-20-33(29-42(36)51)49-38-13-4-8-16-43(38)52-50(53-49)54-44-17-9-5-14-39(44)48-34-23-19-30(27-32(34)21-25-45(48)54)31-22-26-47-40(28-31)37-12-6-10-18-46(37)55-47/h3-29H,1-2H3. The zero-order valence-electron chi connectivity index (χ0n) is 30.3. The SMILES string of the molecule is CC1(C)c2ccccc2-c2ccc(-c3nc(-n4c5ccccc5c5c6ccc(-c7ccc8sc9ccccc9c8c7)cc6ccc54)nc4ccccc34)cc21. The molecule has 0 atom stereocenters. The monoisotopic (exact) mass is 719 g/mol.